The van der Waals surface area contributed by atoms with E-state index in [2.05, 4.69) is 0 Å². The molecule has 6 rings (SSSR count). The summed E-state index contributed by atoms with van der Waals surface area (Å²) in [5.74, 6) is 0. The van der Waals surface area contributed by atoms with Crippen molar-refractivity contribution in [1.82, 2.24) is 5.73 Å². The summed E-state index contributed by atoms with van der Waals surface area (Å²) in [5, 5.41) is 0. The first kappa shape index (κ1) is 16.8. The van der Waals surface area contributed by atoms with Gasteiger partial charge < -0.3 is 5.73 Å². The van der Waals surface area contributed by atoms with E-state index in [1.165, 1.54) is 64.2 Å². The average molecular weight is 356 g/mol. The summed E-state index contributed by atoms with van der Waals surface area (Å²) < 4.78 is 0. The van der Waals surface area contributed by atoms with Crippen LogP contribution in [0, 0.1) is 27.1 Å². The zero-order valence-electron chi connectivity index (χ0n) is 16.8. The molecule has 6 aliphatic rings. The molecule has 2 heteroatoms. The first-order valence-electron chi connectivity index (χ1n) is 12.0. The zero-order chi connectivity index (χ0) is 17.7. The summed E-state index contributed by atoms with van der Waals surface area (Å²) >= 11 is 0. The largest absolute Gasteiger partial charge is 0.325 e. The van der Waals surface area contributed by atoms with Crippen LogP contribution in [-0.2, 0) is 0 Å². The van der Waals surface area contributed by atoms with Gasteiger partial charge in [-0.05, 0) is 117 Å². The summed E-state index contributed by atoms with van der Waals surface area (Å²) in [6.45, 7) is 0.629. The van der Waals surface area contributed by atoms with Gasteiger partial charge in [0.25, 0.3) is 0 Å². The number of rotatable bonds is 11. The molecule has 0 unspecified atom stereocenters. The van der Waals surface area contributed by atoms with E-state index in [9.17, 15) is 0 Å². The molecule has 0 aromatic rings. The van der Waals surface area contributed by atoms with E-state index in [-0.39, 0.29) is 5.54 Å². The van der Waals surface area contributed by atoms with Crippen LogP contribution in [-0.4, -0.2) is 12.1 Å². The number of hydrogen-bond donors (Lipinski definition) is 1. The lowest BCUT2D eigenvalue weighted by Gasteiger charge is -2.47. The van der Waals surface area contributed by atoms with E-state index in [0.717, 1.165) is 22.7 Å². The van der Waals surface area contributed by atoms with E-state index in [0.29, 0.717) is 17.4 Å². The van der Waals surface area contributed by atoms with Gasteiger partial charge in [-0.2, -0.15) is 0 Å². The van der Waals surface area contributed by atoms with Gasteiger partial charge in [-0.25, -0.2) is 0 Å². The quantitative estimate of drug-likeness (QED) is 0.481. The van der Waals surface area contributed by atoms with Crippen molar-refractivity contribution >= 4 is 0 Å². The first-order valence-corrected chi connectivity index (χ1v) is 12.0. The van der Waals surface area contributed by atoms with Gasteiger partial charge >= 0.3 is 0 Å². The summed E-state index contributed by atoms with van der Waals surface area (Å²) in [7, 11) is 0. The highest BCUT2D eigenvalue weighted by Gasteiger charge is 2.89. The van der Waals surface area contributed by atoms with E-state index in [1.807, 2.05) is 0 Å². The van der Waals surface area contributed by atoms with Crippen molar-refractivity contribution in [1.29, 1.82) is 0 Å². The lowest BCUT2D eigenvalue weighted by atomic mass is 9.57. The third-order valence-electron chi connectivity index (χ3n) is 10.9. The molecule has 26 heavy (non-hydrogen) atoms. The monoisotopic (exact) mass is 355 g/mol. The van der Waals surface area contributed by atoms with Crippen LogP contribution >= 0.6 is 0 Å². The Morgan fingerprint density at radius 1 is 0.538 bits per heavy atom. The SMILES string of the molecule is [NH]CCCCCCC1(C2(C3(C4(C5(C6(N)CC6)CC5)CC4)CC3)CC2)CC1. The molecule has 0 aromatic carbocycles. The second-order valence-electron chi connectivity index (χ2n) is 11.7. The van der Waals surface area contributed by atoms with Gasteiger partial charge in [-0.1, -0.05) is 19.3 Å². The van der Waals surface area contributed by atoms with Crippen LogP contribution in [0.3, 0.4) is 0 Å². The maximum absolute atomic E-state index is 7.36. The van der Waals surface area contributed by atoms with Crippen molar-refractivity contribution in [2.24, 2.45) is 32.8 Å². The van der Waals surface area contributed by atoms with Crippen molar-refractivity contribution < 1.29 is 0 Å². The third kappa shape index (κ3) is 1.83. The van der Waals surface area contributed by atoms with Crippen molar-refractivity contribution in [2.75, 3.05) is 6.54 Å². The standard InChI is InChI=1S/C24H39N2/c25-18-4-2-1-3-5-19(6-7-19)20(8-9-20)21(10-11-21)22(12-13-22)23(14-15-23)24(26)16-17-24/h25H,1-18,26H2. The predicted molar refractivity (Wildman–Crippen MR) is 106 cm³/mol. The fourth-order valence-electron chi connectivity index (χ4n) is 8.97. The van der Waals surface area contributed by atoms with Gasteiger partial charge in [0.15, 0.2) is 0 Å². The topological polar surface area (TPSA) is 49.8 Å². The molecule has 0 aliphatic heterocycles. The fourth-order valence-corrected chi connectivity index (χ4v) is 8.97. The van der Waals surface area contributed by atoms with Gasteiger partial charge in [0, 0.05) is 12.1 Å². The molecule has 1 radical (unpaired) electrons. The van der Waals surface area contributed by atoms with Crippen LogP contribution in [0.2, 0.25) is 0 Å². The van der Waals surface area contributed by atoms with Gasteiger partial charge in [-0.3, -0.25) is 5.73 Å². The normalized spacial score (nSPS) is 36.2. The van der Waals surface area contributed by atoms with Gasteiger partial charge in [0.1, 0.15) is 0 Å². The molecule has 3 N–H and O–H groups in total. The van der Waals surface area contributed by atoms with Gasteiger partial charge in [0.05, 0.1) is 0 Å². The number of unbranched alkanes of at least 4 members (excludes halogenated alkanes) is 3. The van der Waals surface area contributed by atoms with Crippen molar-refractivity contribution in [3.8, 4) is 0 Å². The lowest BCUT2D eigenvalue weighted by molar-refractivity contribution is 0.0123. The zero-order valence-corrected chi connectivity index (χ0v) is 16.8. The molecule has 145 valence electrons. The lowest BCUT2D eigenvalue weighted by Crippen LogP contribution is -2.48. The Bertz CT molecular complexity index is 596. The van der Waals surface area contributed by atoms with Crippen molar-refractivity contribution in [3.05, 3.63) is 0 Å². The number of nitrogens with one attached hydrogen (secondary N) is 1. The first-order chi connectivity index (χ1) is 12.6. The Morgan fingerprint density at radius 2 is 1.04 bits per heavy atom. The Balaban J connectivity index is 1.23. The van der Waals surface area contributed by atoms with Gasteiger partial charge in [0.2, 0.25) is 0 Å². The molecule has 0 atom stereocenters. The molecule has 0 heterocycles. The molecular formula is C24H39N2. The molecule has 0 amide bonds. The Labute approximate surface area is 160 Å². The highest BCUT2D eigenvalue weighted by atomic mass is 15.0. The highest BCUT2D eigenvalue weighted by molar-refractivity contribution is 5.39. The maximum atomic E-state index is 7.36. The summed E-state index contributed by atoms with van der Waals surface area (Å²) in [6, 6.07) is 0. The minimum absolute atomic E-state index is 0.266. The molecule has 0 aromatic heterocycles. The fraction of sp³-hybridized carbons (Fsp3) is 1.00. The van der Waals surface area contributed by atoms with Crippen LogP contribution in [0.25, 0.3) is 0 Å². The smallest absolute Gasteiger partial charge is 0.0218 e. The maximum Gasteiger partial charge on any atom is 0.0218 e. The Morgan fingerprint density at radius 3 is 1.46 bits per heavy atom. The second kappa shape index (κ2) is 4.90. The average Bonchev–Trinajstić information content (AvgIpc) is 3.43. The Kier molecular flexibility index (Phi) is 3.18. The van der Waals surface area contributed by atoms with E-state index in [4.69, 9.17) is 11.5 Å². The molecule has 6 aliphatic carbocycles. The molecule has 2 nitrogen and oxygen atoms in total. The van der Waals surface area contributed by atoms with Crippen LogP contribution in [0.5, 0.6) is 0 Å². The molecule has 0 spiro atoms. The van der Waals surface area contributed by atoms with E-state index >= 15 is 0 Å². The van der Waals surface area contributed by atoms with Gasteiger partial charge in [-0.15, -0.1) is 0 Å². The third-order valence-corrected chi connectivity index (χ3v) is 10.9. The van der Waals surface area contributed by atoms with E-state index in [1.54, 1.807) is 38.5 Å². The van der Waals surface area contributed by atoms with E-state index < -0.39 is 0 Å². The van der Waals surface area contributed by atoms with Crippen LogP contribution in [0.1, 0.15) is 109 Å². The number of hydrogen-bond acceptors (Lipinski definition) is 1. The van der Waals surface area contributed by atoms with Crippen molar-refractivity contribution in [3.63, 3.8) is 0 Å². The van der Waals surface area contributed by atoms with Crippen molar-refractivity contribution in [2.45, 2.75) is 115 Å². The summed E-state index contributed by atoms with van der Waals surface area (Å²) in [6.07, 6.45) is 24.8. The number of nitrogens with two attached hydrogens (primary N) is 1. The van der Waals surface area contributed by atoms with Crippen LogP contribution in [0.15, 0.2) is 0 Å². The molecule has 0 saturated heterocycles. The van der Waals surface area contributed by atoms with Crippen LogP contribution < -0.4 is 11.5 Å². The molecule has 6 fully saturated rings. The molecule has 6 saturated carbocycles. The Hall–Kier alpha value is -0.0800. The second-order valence-corrected chi connectivity index (χ2v) is 11.7. The minimum Gasteiger partial charge on any atom is -0.325 e. The van der Waals surface area contributed by atoms with Crippen LogP contribution in [0.4, 0.5) is 0 Å². The minimum atomic E-state index is 0.266. The molecule has 0 bridgehead atoms. The highest BCUT2D eigenvalue weighted by Crippen LogP contribution is 2.96. The summed E-state index contributed by atoms with van der Waals surface area (Å²) in [5.41, 5.74) is 18.1. The summed E-state index contributed by atoms with van der Waals surface area (Å²) in [4.78, 5) is 0. The predicted octanol–water partition coefficient (Wildman–Crippen LogP) is 5.61. The molecular weight excluding hydrogens is 316 g/mol.